The summed E-state index contributed by atoms with van der Waals surface area (Å²) in [5, 5.41) is 14.2. The molecule has 0 bridgehead atoms. The first-order chi connectivity index (χ1) is 17.1. The van der Waals surface area contributed by atoms with Gasteiger partial charge in [0.1, 0.15) is 17.3 Å². The quantitative estimate of drug-likeness (QED) is 0.214. The molecule has 182 valence electrons. The monoisotopic (exact) mass is 620 g/mol. The summed E-state index contributed by atoms with van der Waals surface area (Å²) < 4.78 is 30.1. The Bertz CT molecular complexity index is 1620. The third kappa shape index (κ3) is 4.86. The van der Waals surface area contributed by atoms with E-state index in [0.29, 0.717) is 25.7 Å². The third-order valence-corrected chi connectivity index (χ3v) is 7.75. The molecule has 4 aromatic rings. The summed E-state index contributed by atoms with van der Waals surface area (Å²) in [5.74, 6) is -1.24. The Balaban J connectivity index is 1.74. The zero-order chi connectivity index (χ0) is 25.7. The second-order valence-electron chi connectivity index (χ2n) is 7.34. The summed E-state index contributed by atoms with van der Waals surface area (Å²) in [6.45, 7) is 0. The molecule has 0 aliphatic carbocycles. The van der Waals surface area contributed by atoms with Gasteiger partial charge in [-0.15, -0.1) is 10.2 Å². The predicted octanol–water partition coefficient (Wildman–Crippen LogP) is 9.54. The lowest BCUT2D eigenvalue weighted by molar-refractivity contribution is 0.627. The van der Waals surface area contributed by atoms with E-state index in [1.54, 1.807) is 24.3 Å². The molecule has 0 radical (unpaired) electrons. The maximum Gasteiger partial charge on any atom is 0.217 e. The van der Waals surface area contributed by atoms with Crippen molar-refractivity contribution in [1.29, 1.82) is 0 Å². The maximum absolute atomic E-state index is 14.5. The number of aromatic nitrogens is 3. The zero-order valence-electron chi connectivity index (χ0n) is 17.3. The van der Waals surface area contributed by atoms with Gasteiger partial charge in [0.25, 0.3) is 0 Å². The molecule has 3 aromatic carbocycles. The van der Waals surface area contributed by atoms with Crippen LogP contribution in [0.25, 0.3) is 17.5 Å². The highest BCUT2D eigenvalue weighted by atomic mass is 35.5. The predicted molar refractivity (Wildman–Crippen MR) is 144 cm³/mol. The Labute approximate surface area is 237 Å². The first-order valence-electron chi connectivity index (χ1n) is 9.81. The van der Waals surface area contributed by atoms with Crippen LogP contribution in [0.5, 0.6) is 0 Å². The maximum atomic E-state index is 14.5. The van der Waals surface area contributed by atoms with Crippen molar-refractivity contribution in [3.8, 4) is 11.4 Å². The lowest BCUT2D eigenvalue weighted by atomic mass is 10.1. The Morgan fingerprint density at radius 2 is 1.36 bits per heavy atom. The van der Waals surface area contributed by atoms with Crippen LogP contribution in [-0.4, -0.2) is 20.6 Å². The molecule has 0 unspecified atom stereocenters. The van der Waals surface area contributed by atoms with Crippen molar-refractivity contribution in [3.63, 3.8) is 0 Å². The van der Waals surface area contributed by atoms with Crippen LogP contribution in [0, 0.1) is 11.6 Å². The molecule has 36 heavy (non-hydrogen) atoms. The summed E-state index contributed by atoms with van der Waals surface area (Å²) in [6, 6.07) is 9.84. The van der Waals surface area contributed by atoms with Crippen LogP contribution in [0.4, 0.5) is 8.78 Å². The molecule has 5 rings (SSSR count). The number of allylic oxidation sites excluding steroid dienone is 1. The van der Waals surface area contributed by atoms with E-state index in [4.69, 9.17) is 69.6 Å². The lowest BCUT2D eigenvalue weighted by Gasteiger charge is -2.19. The highest BCUT2D eigenvalue weighted by Gasteiger charge is 2.28. The van der Waals surface area contributed by atoms with E-state index in [1.807, 2.05) is 0 Å². The molecule has 1 aromatic heterocycles. The molecular formula is C23H8Cl6F2N4S. The fourth-order valence-corrected chi connectivity index (χ4v) is 5.65. The van der Waals surface area contributed by atoms with E-state index >= 15 is 0 Å². The van der Waals surface area contributed by atoms with Crippen molar-refractivity contribution >= 4 is 93.2 Å². The van der Waals surface area contributed by atoms with Crippen molar-refractivity contribution in [3.05, 3.63) is 100 Å². The minimum atomic E-state index is -0.693. The molecule has 1 aliphatic rings. The smallest absolute Gasteiger partial charge is 0.205 e. The van der Waals surface area contributed by atoms with Gasteiger partial charge >= 0.3 is 0 Å². The fraction of sp³-hybridized carbons (Fsp3) is 0. The number of hydrogen-bond acceptors (Lipinski definition) is 4. The summed E-state index contributed by atoms with van der Waals surface area (Å²) in [5.41, 5.74) is 1.35. The average Bonchev–Trinajstić information content (AvgIpc) is 3.22. The van der Waals surface area contributed by atoms with Crippen molar-refractivity contribution in [2.45, 2.75) is 5.16 Å². The molecule has 0 N–H and O–H groups in total. The van der Waals surface area contributed by atoms with Crippen molar-refractivity contribution < 1.29 is 8.78 Å². The van der Waals surface area contributed by atoms with Gasteiger partial charge in [-0.3, -0.25) is 0 Å². The first-order valence-corrected chi connectivity index (χ1v) is 12.9. The molecule has 0 amide bonds. The van der Waals surface area contributed by atoms with Crippen molar-refractivity contribution in [2.24, 2.45) is 5.10 Å². The Morgan fingerprint density at radius 3 is 2.03 bits per heavy atom. The summed E-state index contributed by atoms with van der Waals surface area (Å²) in [7, 11) is 0. The van der Waals surface area contributed by atoms with Gasteiger partial charge in [0, 0.05) is 26.1 Å². The van der Waals surface area contributed by atoms with Gasteiger partial charge in [-0.1, -0.05) is 75.7 Å². The zero-order valence-corrected chi connectivity index (χ0v) is 22.7. The number of halogens is 8. The number of fused-ring (bicyclic) bond motifs is 1. The first kappa shape index (κ1) is 25.8. The van der Waals surface area contributed by atoms with Crippen LogP contribution in [0.1, 0.15) is 11.1 Å². The van der Waals surface area contributed by atoms with Crippen LogP contribution >= 0.6 is 81.4 Å². The van der Waals surface area contributed by atoms with Crippen LogP contribution in [0.2, 0.25) is 30.1 Å². The minimum Gasteiger partial charge on any atom is -0.205 e. The molecule has 1 aliphatic heterocycles. The van der Waals surface area contributed by atoms with Crippen LogP contribution in [-0.2, 0) is 0 Å². The Morgan fingerprint density at radius 1 is 0.722 bits per heavy atom. The molecule has 0 atom stereocenters. The molecule has 0 saturated heterocycles. The topological polar surface area (TPSA) is 43.1 Å². The summed E-state index contributed by atoms with van der Waals surface area (Å²) >= 11 is 38.1. The second-order valence-corrected chi connectivity index (χ2v) is 10.8. The lowest BCUT2D eigenvalue weighted by Crippen LogP contribution is -2.13. The van der Waals surface area contributed by atoms with Crippen molar-refractivity contribution in [1.82, 2.24) is 14.9 Å². The second kappa shape index (κ2) is 10.1. The van der Waals surface area contributed by atoms with Crippen LogP contribution in [0.3, 0.4) is 0 Å². The van der Waals surface area contributed by atoms with E-state index in [1.165, 1.54) is 34.6 Å². The molecule has 13 heteroatoms. The molecule has 0 spiro atoms. The SMILES string of the molecule is Fc1cc(C2=Nn3c(nnc3-c3cc(F)c(Cl)cc3Cl)S/C2=C\c2ccc(Cl)cc2Cl)c(Cl)cc1Cl. The number of thioether (sulfide) groups is 1. The van der Waals surface area contributed by atoms with Gasteiger partial charge in [-0.05, 0) is 59.8 Å². The summed E-state index contributed by atoms with van der Waals surface area (Å²) in [6.07, 6.45) is 1.73. The van der Waals surface area contributed by atoms with E-state index in [2.05, 4.69) is 15.3 Å². The molecule has 0 saturated carbocycles. The third-order valence-electron chi connectivity index (χ3n) is 5.01. The number of hydrogen-bond donors (Lipinski definition) is 0. The van der Waals surface area contributed by atoms with Gasteiger partial charge < -0.3 is 0 Å². The van der Waals surface area contributed by atoms with E-state index in [-0.39, 0.29) is 42.8 Å². The van der Waals surface area contributed by atoms with E-state index in [9.17, 15) is 8.78 Å². The molecular weight excluding hydrogens is 615 g/mol. The van der Waals surface area contributed by atoms with Crippen LogP contribution < -0.4 is 0 Å². The van der Waals surface area contributed by atoms with E-state index < -0.39 is 11.6 Å². The van der Waals surface area contributed by atoms with Gasteiger partial charge in [-0.25, -0.2) is 8.78 Å². The Kier molecular flexibility index (Phi) is 7.26. The standard InChI is InChI=1S/C23H8Cl6F2N4S/c24-10-2-1-9(13(25)4-10)3-20-21(11-5-18(30)16(28)7-14(11)26)34-35-22(32-33-23(35)36-20)12-6-19(31)17(29)8-15(12)27/h1-8H/b20-3-. The van der Waals surface area contributed by atoms with E-state index in [0.717, 1.165) is 6.07 Å². The van der Waals surface area contributed by atoms with Gasteiger partial charge in [0.15, 0.2) is 5.82 Å². The summed E-state index contributed by atoms with van der Waals surface area (Å²) in [4.78, 5) is 0.530. The normalized spacial score (nSPS) is 14.2. The molecule has 4 nitrogen and oxygen atoms in total. The highest BCUT2D eigenvalue weighted by molar-refractivity contribution is 8.04. The average molecular weight is 623 g/mol. The Hall–Kier alpha value is -1.84. The minimum absolute atomic E-state index is 0.142. The number of nitrogens with zero attached hydrogens (tertiary/aromatic N) is 4. The molecule has 2 heterocycles. The van der Waals surface area contributed by atoms with Gasteiger partial charge in [0.05, 0.1) is 20.1 Å². The van der Waals surface area contributed by atoms with Crippen molar-refractivity contribution in [2.75, 3.05) is 0 Å². The number of benzene rings is 3. The molecule has 0 fully saturated rings. The van der Waals surface area contributed by atoms with Crippen LogP contribution in [0.15, 0.2) is 57.6 Å². The van der Waals surface area contributed by atoms with Gasteiger partial charge in [-0.2, -0.15) is 9.78 Å². The largest absolute Gasteiger partial charge is 0.217 e. The van der Waals surface area contributed by atoms with Gasteiger partial charge in [0.2, 0.25) is 5.16 Å². The fourth-order valence-electron chi connectivity index (χ4n) is 3.33. The number of rotatable bonds is 3. The highest BCUT2D eigenvalue weighted by Crippen LogP contribution is 2.41.